The Labute approximate surface area is 132 Å². The Kier molecular flexibility index (Phi) is 5.73. The van der Waals surface area contributed by atoms with Gasteiger partial charge in [0.2, 0.25) is 5.91 Å². The highest BCUT2D eigenvalue weighted by molar-refractivity contribution is 5.90. The molecule has 0 fully saturated rings. The first-order valence-electron chi connectivity index (χ1n) is 7.74. The largest absolute Gasteiger partial charge is 0.326 e. The lowest BCUT2D eigenvalue weighted by atomic mass is 9.98. The van der Waals surface area contributed by atoms with Crippen LogP contribution < -0.4 is 11.1 Å². The van der Waals surface area contributed by atoms with Gasteiger partial charge in [-0.3, -0.25) is 4.79 Å². The second kappa shape index (κ2) is 7.76. The molecule has 0 atom stereocenters. The number of carbonyl (C=O) groups excluding carboxylic acids is 1. The minimum Gasteiger partial charge on any atom is -0.326 e. The Hall–Kier alpha value is -2.13. The summed E-state index contributed by atoms with van der Waals surface area (Å²) in [5.74, 6) is 0.0559. The summed E-state index contributed by atoms with van der Waals surface area (Å²) in [4.78, 5) is 12.0. The summed E-state index contributed by atoms with van der Waals surface area (Å²) in [7, 11) is 0. The quantitative estimate of drug-likeness (QED) is 0.853. The number of nitrogens with two attached hydrogens (primary N) is 1. The third kappa shape index (κ3) is 4.43. The van der Waals surface area contributed by atoms with Crippen molar-refractivity contribution in [3.05, 3.63) is 64.7 Å². The van der Waals surface area contributed by atoms with E-state index >= 15 is 0 Å². The number of nitrogens with one attached hydrogen (secondary N) is 1. The Balaban J connectivity index is 1.85. The van der Waals surface area contributed by atoms with E-state index in [0.29, 0.717) is 13.0 Å². The molecule has 0 aliphatic carbocycles. The van der Waals surface area contributed by atoms with Crippen LogP contribution in [0.2, 0.25) is 0 Å². The monoisotopic (exact) mass is 296 g/mol. The van der Waals surface area contributed by atoms with Gasteiger partial charge in [-0.1, -0.05) is 30.3 Å². The molecule has 0 unspecified atom stereocenters. The number of amides is 1. The van der Waals surface area contributed by atoms with Crippen LogP contribution in [-0.2, 0) is 17.8 Å². The van der Waals surface area contributed by atoms with E-state index in [4.69, 9.17) is 5.73 Å². The molecule has 1 amide bonds. The summed E-state index contributed by atoms with van der Waals surface area (Å²) in [6.45, 7) is 4.73. The molecule has 0 saturated carbocycles. The van der Waals surface area contributed by atoms with Gasteiger partial charge in [-0.05, 0) is 61.1 Å². The number of anilines is 1. The van der Waals surface area contributed by atoms with E-state index in [9.17, 15) is 4.79 Å². The molecule has 116 valence electrons. The Morgan fingerprint density at radius 1 is 1.09 bits per heavy atom. The van der Waals surface area contributed by atoms with Crippen LogP contribution in [0.5, 0.6) is 0 Å². The summed E-state index contributed by atoms with van der Waals surface area (Å²) in [6.07, 6.45) is 2.32. The van der Waals surface area contributed by atoms with Gasteiger partial charge < -0.3 is 11.1 Å². The highest BCUT2D eigenvalue weighted by Crippen LogP contribution is 2.16. The second-order valence-corrected chi connectivity index (χ2v) is 5.68. The van der Waals surface area contributed by atoms with Crippen LogP contribution in [0, 0.1) is 13.8 Å². The van der Waals surface area contributed by atoms with E-state index in [-0.39, 0.29) is 5.91 Å². The van der Waals surface area contributed by atoms with Crippen LogP contribution in [0.25, 0.3) is 0 Å². The van der Waals surface area contributed by atoms with Crippen molar-refractivity contribution in [2.24, 2.45) is 5.73 Å². The SMILES string of the molecule is Cc1cccc(C)c1CCCC(=O)Nc1cccc(CN)c1. The number of aryl methyl sites for hydroxylation is 2. The molecule has 2 rings (SSSR count). The minimum atomic E-state index is 0.0559. The molecule has 0 heterocycles. The van der Waals surface area contributed by atoms with Gasteiger partial charge in [0, 0.05) is 18.7 Å². The van der Waals surface area contributed by atoms with Crippen molar-refractivity contribution in [2.75, 3.05) is 5.32 Å². The van der Waals surface area contributed by atoms with Gasteiger partial charge in [0.05, 0.1) is 0 Å². The molecule has 3 heteroatoms. The standard InChI is InChI=1S/C19H24N2O/c1-14-6-3-7-15(2)18(14)10-5-11-19(22)21-17-9-4-8-16(12-17)13-20/h3-4,6-9,12H,5,10-11,13,20H2,1-2H3,(H,21,22). The number of carbonyl (C=O) groups is 1. The number of hydrogen-bond donors (Lipinski definition) is 2. The summed E-state index contributed by atoms with van der Waals surface area (Å²) in [6, 6.07) is 14.0. The van der Waals surface area contributed by atoms with E-state index in [1.54, 1.807) is 0 Å². The molecule has 22 heavy (non-hydrogen) atoms. The third-order valence-electron chi connectivity index (χ3n) is 3.92. The van der Waals surface area contributed by atoms with Gasteiger partial charge in [0.1, 0.15) is 0 Å². The van der Waals surface area contributed by atoms with Crippen molar-refractivity contribution in [1.29, 1.82) is 0 Å². The van der Waals surface area contributed by atoms with Crippen molar-refractivity contribution in [3.63, 3.8) is 0 Å². The van der Waals surface area contributed by atoms with Crippen molar-refractivity contribution in [1.82, 2.24) is 0 Å². The van der Waals surface area contributed by atoms with Gasteiger partial charge in [0.25, 0.3) is 0 Å². The van der Waals surface area contributed by atoms with Gasteiger partial charge in [-0.2, -0.15) is 0 Å². The first kappa shape index (κ1) is 16.2. The van der Waals surface area contributed by atoms with Gasteiger partial charge in [0.15, 0.2) is 0 Å². The van der Waals surface area contributed by atoms with E-state index in [1.165, 1.54) is 16.7 Å². The molecule has 0 saturated heterocycles. The number of rotatable bonds is 6. The highest BCUT2D eigenvalue weighted by Gasteiger charge is 2.06. The topological polar surface area (TPSA) is 55.1 Å². The number of benzene rings is 2. The Morgan fingerprint density at radius 3 is 2.45 bits per heavy atom. The molecule has 0 radical (unpaired) electrons. The molecule has 0 bridgehead atoms. The predicted octanol–water partition coefficient (Wildman–Crippen LogP) is 3.72. The van der Waals surface area contributed by atoms with Crippen LogP contribution in [-0.4, -0.2) is 5.91 Å². The van der Waals surface area contributed by atoms with Gasteiger partial charge in [-0.25, -0.2) is 0 Å². The molecule has 2 aromatic carbocycles. The fourth-order valence-electron chi connectivity index (χ4n) is 2.67. The van der Waals surface area contributed by atoms with Gasteiger partial charge in [-0.15, -0.1) is 0 Å². The van der Waals surface area contributed by atoms with Gasteiger partial charge >= 0.3 is 0 Å². The smallest absolute Gasteiger partial charge is 0.224 e. The average molecular weight is 296 g/mol. The van der Waals surface area contributed by atoms with Crippen LogP contribution in [0.1, 0.15) is 35.1 Å². The maximum atomic E-state index is 12.0. The van der Waals surface area contributed by atoms with Crippen molar-refractivity contribution in [3.8, 4) is 0 Å². The third-order valence-corrected chi connectivity index (χ3v) is 3.92. The van der Waals surface area contributed by atoms with Crippen LogP contribution in [0.3, 0.4) is 0 Å². The zero-order chi connectivity index (χ0) is 15.9. The fraction of sp³-hybridized carbons (Fsp3) is 0.316. The van der Waals surface area contributed by atoms with E-state index < -0.39 is 0 Å². The first-order chi connectivity index (χ1) is 10.6. The summed E-state index contributed by atoms with van der Waals surface area (Å²) < 4.78 is 0. The van der Waals surface area contributed by atoms with E-state index in [1.807, 2.05) is 24.3 Å². The molecule has 0 aliphatic heterocycles. The van der Waals surface area contributed by atoms with E-state index in [2.05, 4.69) is 37.4 Å². The van der Waals surface area contributed by atoms with Crippen molar-refractivity contribution >= 4 is 11.6 Å². The minimum absolute atomic E-state index is 0.0559. The molecule has 0 aromatic heterocycles. The molecule has 0 aliphatic rings. The van der Waals surface area contributed by atoms with E-state index in [0.717, 1.165) is 24.1 Å². The molecule has 2 aromatic rings. The van der Waals surface area contributed by atoms with Crippen molar-refractivity contribution in [2.45, 2.75) is 39.7 Å². The maximum absolute atomic E-state index is 12.0. The van der Waals surface area contributed by atoms with Crippen LogP contribution in [0.4, 0.5) is 5.69 Å². The zero-order valence-electron chi connectivity index (χ0n) is 13.4. The lowest BCUT2D eigenvalue weighted by Crippen LogP contribution is -2.12. The molecule has 3 nitrogen and oxygen atoms in total. The summed E-state index contributed by atoms with van der Waals surface area (Å²) >= 11 is 0. The molecule has 3 N–H and O–H groups in total. The Bertz CT molecular complexity index is 629. The lowest BCUT2D eigenvalue weighted by Gasteiger charge is -2.10. The Morgan fingerprint density at radius 2 is 1.77 bits per heavy atom. The lowest BCUT2D eigenvalue weighted by molar-refractivity contribution is -0.116. The predicted molar refractivity (Wildman–Crippen MR) is 91.8 cm³/mol. The van der Waals surface area contributed by atoms with Crippen molar-refractivity contribution < 1.29 is 4.79 Å². The average Bonchev–Trinajstić information content (AvgIpc) is 2.50. The fourth-order valence-corrected chi connectivity index (χ4v) is 2.67. The first-order valence-corrected chi connectivity index (χ1v) is 7.74. The molecular weight excluding hydrogens is 272 g/mol. The maximum Gasteiger partial charge on any atom is 0.224 e. The summed E-state index contributed by atoms with van der Waals surface area (Å²) in [5, 5.41) is 2.94. The van der Waals surface area contributed by atoms with Crippen LogP contribution >= 0.6 is 0 Å². The summed E-state index contributed by atoms with van der Waals surface area (Å²) in [5.41, 5.74) is 11.4. The zero-order valence-corrected chi connectivity index (χ0v) is 13.4. The van der Waals surface area contributed by atoms with Crippen LogP contribution in [0.15, 0.2) is 42.5 Å². The molecule has 0 spiro atoms. The number of hydrogen-bond acceptors (Lipinski definition) is 2. The molecular formula is C19H24N2O. The normalized spacial score (nSPS) is 10.5. The second-order valence-electron chi connectivity index (χ2n) is 5.68. The highest BCUT2D eigenvalue weighted by atomic mass is 16.1.